The van der Waals surface area contributed by atoms with Crippen molar-refractivity contribution in [2.45, 2.75) is 25.8 Å². The summed E-state index contributed by atoms with van der Waals surface area (Å²) >= 11 is 7.80. The summed E-state index contributed by atoms with van der Waals surface area (Å²) in [7, 11) is 0. The lowest BCUT2D eigenvalue weighted by molar-refractivity contribution is 0.450. The lowest BCUT2D eigenvalue weighted by Crippen LogP contribution is -2.51. The van der Waals surface area contributed by atoms with Crippen molar-refractivity contribution in [2.75, 3.05) is 24.5 Å². The molecule has 1 saturated heterocycles. The summed E-state index contributed by atoms with van der Waals surface area (Å²) in [5, 5.41) is 5.40. The minimum atomic E-state index is 0.565. The Kier molecular flexibility index (Phi) is 3.91. The smallest absolute Gasteiger partial charge is 0.186 e. The number of nitrogens with one attached hydrogen (secondary N) is 1. The van der Waals surface area contributed by atoms with Gasteiger partial charge in [0.25, 0.3) is 0 Å². The molecule has 2 heterocycles. The summed E-state index contributed by atoms with van der Waals surface area (Å²) in [6.07, 6.45) is 2.42. The number of halogens is 1. The molecule has 1 aromatic heterocycles. The molecule has 1 aliphatic rings. The Bertz CT molecular complexity index is 567. The molecular weight excluding hydrogens is 278 g/mol. The fourth-order valence-corrected chi connectivity index (χ4v) is 3.95. The summed E-state index contributed by atoms with van der Waals surface area (Å²) in [6.45, 7) is 5.38. The lowest BCUT2D eigenvalue weighted by Gasteiger charge is -2.36. The van der Waals surface area contributed by atoms with E-state index in [1.807, 2.05) is 18.2 Å². The van der Waals surface area contributed by atoms with Crippen molar-refractivity contribution in [2.24, 2.45) is 0 Å². The molecule has 102 valence electrons. The van der Waals surface area contributed by atoms with Crippen LogP contribution in [-0.4, -0.2) is 30.7 Å². The molecule has 0 amide bonds. The zero-order valence-electron chi connectivity index (χ0n) is 11.0. The number of aromatic nitrogens is 1. The summed E-state index contributed by atoms with van der Waals surface area (Å²) in [5.41, 5.74) is 1.05. The highest BCUT2D eigenvalue weighted by molar-refractivity contribution is 7.22. The molecule has 0 spiro atoms. The monoisotopic (exact) mass is 295 g/mol. The molecule has 5 heteroatoms. The first-order chi connectivity index (χ1) is 9.28. The Morgan fingerprint density at radius 1 is 1.53 bits per heavy atom. The second-order valence-corrected chi connectivity index (χ2v) is 6.39. The highest BCUT2D eigenvalue weighted by atomic mass is 35.5. The number of fused-ring (bicyclic) bond motifs is 1. The Balaban J connectivity index is 1.92. The number of rotatable bonds is 3. The van der Waals surface area contributed by atoms with Crippen molar-refractivity contribution < 1.29 is 0 Å². The van der Waals surface area contributed by atoms with Crippen molar-refractivity contribution in [3.05, 3.63) is 23.2 Å². The number of benzene rings is 1. The Morgan fingerprint density at radius 2 is 2.42 bits per heavy atom. The standard InChI is InChI=1S/C14H18ClN3S/c1-2-3-11-9-16-6-7-18(11)14-17-12-5-4-10(15)8-13(12)19-14/h4-5,8,11,16H,2-3,6-7,9H2,1H3/t11-/m0/s1. The first kappa shape index (κ1) is 13.2. The van der Waals surface area contributed by atoms with E-state index in [9.17, 15) is 0 Å². The van der Waals surface area contributed by atoms with Crippen LogP contribution in [0.4, 0.5) is 5.13 Å². The van der Waals surface area contributed by atoms with Gasteiger partial charge in [0, 0.05) is 30.7 Å². The number of hydrogen-bond donors (Lipinski definition) is 1. The molecule has 1 aliphatic heterocycles. The first-order valence-corrected chi connectivity index (χ1v) is 8.01. The summed E-state index contributed by atoms with van der Waals surface area (Å²) < 4.78 is 1.18. The fourth-order valence-electron chi connectivity index (χ4n) is 2.61. The van der Waals surface area contributed by atoms with Crippen LogP contribution >= 0.6 is 22.9 Å². The average molecular weight is 296 g/mol. The molecule has 0 saturated carbocycles. The molecule has 19 heavy (non-hydrogen) atoms. The van der Waals surface area contributed by atoms with Gasteiger partial charge in [-0.3, -0.25) is 0 Å². The zero-order valence-corrected chi connectivity index (χ0v) is 12.6. The normalized spacial score (nSPS) is 20.1. The van der Waals surface area contributed by atoms with E-state index in [1.54, 1.807) is 11.3 Å². The maximum absolute atomic E-state index is 6.05. The molecule has 0 unspecified atom stereocenters. The maximum atomic E-state index is 6.05. The topological polar surface area (TPSA) is 28.2 Å². The van der Waals surface area contributed by atoms with Crippen LogP contribution in [0.5, 0.6) is 0 Å². The molecule has 0 bridgehead atoms. The van der Waals surface area contributed by atoms with Crippen LogP contribution in [0.1, 0.15) is 19.8 Å². The van der Waals surface area contributed by atoms with Crippen LogP contribution in [0.25, 0.3) is 10.2 Å². The molecule has 0 radical (unpaired) electrons. The van der Waals surface area contributed by atoms with Crippen LogP contribution < -0.4 is 10.2 Å². The third-order valence-electron chi connectivity index (χ3n) is 3.56. The molecule has 2 aromatic rings. The van der Waals surface area contributed by atoms with Gasteiger partial charge in [-0.25, -0.2) is 4.98 Å². The van der Waals surface area contributed by atoms with E-state index >= 15 is 0 Å². The molecule has 0 aliphatic carbocycles. The van der Waals surface area contributed by atoms with Crippen molar-refractivity contribution in [3.63, 3.8) is 0 Å². The minimum Gasteiger partial charge on any atom is -0.343 e. The van der Waals surface area contributed by atoms with E-state index in [1.165, 1.54) is 17.5 Å². The predicted molar refractivity (Wildman–Crippen MR) is 83.5 cm³/mol. The Hall–Kier alpha value is -0.840. The second-order valence-electron chi connectivity index (χ2n) is 4.95. The van der Waals surface area contributed by atoms with Gasteiger partial charge in [-0.1, -0.05) is 36.3 Å². The van der Waals surface area contributed by atoms with Crippen molar-refractivity contribution >= 4 is 38.3 Å². The highest BCUT2D eigenvalue weighted by Crippen LogP contribution is 2.32. The van der Waals surface area contributed by atoms with Crippen molar-refractivity contribution in [1.29, 1.82) is 0 Å². The predicted octanol–water partition coefficient (Wildman–Crippen LogP) is 3.53. The molecule has 1 fully saturated rings. The van der Waals surface area contributed by atoms with Gasteiger partial charge in [0.1, 0.15) is 0 Å². The van der Waals surface area contributed by atoms with E-state index < -0.39 is 0 Å². The minimum absolute atomic E-state index is 0.565. The van der Waals surface area contributed by atoms with Gasteiger partial charge in [-0.2, -0.15) is 0 Å². The number of nitrogens with zero attached hydrogens (tertiary/aromatic N) is 2. The van der Waals surface area contributed by atoms with Gasteiger partial charge < -0.3 is 10.2 Å². The highest BCUT2D eigenvalue weighted by Gasteiger charge is 2.24. The van der Waals surface area contributed by atoms with Crippen LogP contribution in [0.3, 0.4) is 0 Å². The summed E-state index contributed by atoms with van der Waals surface area (Å²) in [4.78, 5) is 7.22. The third-order valence-corrected chi connectivity index (χ3v) is 4.85. The number of thiazole rings is 1. The molecule has 1 N–H and O–H groups in total. The van der Waals surface area contributed by atoms with Gasteiger partial charge in [-0.15, -0.1) is 0 Å². The van der Waals surface area contributed by atoms with E-state index in [0.29, 0.717) is 6.04 Å². The van der Waals surface area contributed by atoms with Crippen LogP contribution in [0, 0.1) is 0 Å². The first-order valence-electron chi connectivity index (χ1n) is 6.81. The van der Waals surface area contributed by atoms with Gasteiger partial charge in [0.05, 0.1) is 10.2 Å². The maximum Gasteiger partial charge on any atom is 0.186 e. The van der Waals surface area contributed by atoms with Crippen LogP contribution in [0.2, 0.25) is 5.02 Å². The van der Waals surface area contributed by atoms with Gasteiger partial charge in [-0.05, 0) is 24.6 Å². The SMILES string of the molecule is CCC[C@H]1CNCCN1c1nc2ccc(Cl)cc2s1. The molecule has 3 nitrogen and oxygen atoms in total. The molecular formula is C14H18ClN3S. The third kappa shape index (κ3) is 2.71. The van der Waals surface area contributed by atoms with Crippen LogP contribution in [-0.2, 0) is 0 Å². The van der Waals surface area contributed by atoms with E-state index in [-0.39, 0.29) is 0 Å². The number of hydrogen-bond acceptors (Lipinski definition) is 4. The lowest BCUT2D eigenvalue weighted by atomic mass is 10.1. The largest absolute Gasteiger partial charge is 0.343 e. The zero-order chi connectivity index (χ0) is 13.2. The van der Waals surface area contributed by atoms with Crippen molar-refractivity contribution in [3.8, 4) is 0 Å². The number of anilines is 1. The van der Waals surface area contributed by atoms with Gasteiger partial charge in [0.15, 0.2) is 5.13 Å². The average Bonchev–Trinajstić information content (AvgIpc) is 2.82. The van der Waals surface area contributed by atoms with Crippen LogP contribution in [0.15, 0.2) is 18.2 Å². The van der Waals surface area contributed by atoms with Gasteiger partial charge >= 0.3 is 0 Å². The van der Waals surface area contributed by atoms with Gasteiger partial charge in [0.2, 0.25) is 0 Å². The molecule has 3 rings (SSSR count). The van der Waals surface area contributed by atoms with E-state index in [0.717, 1.165) is 35.3 Å². The van der Waals surface area contributed by atoms with Crippen molar-refractivity contribution in [1.82, 2.24) is 10.3 Å². The summed E-state index contributed by atoms with van der Waals surface area (Å²) in [6, 6.07) is 6.49. The number of piperazine rings is 1. The molecule has 1 atom stereocenters. The second kappa shape index (κ2) is 5.65. The Morgan fingerprint density at radius 3 is 3.26 bits per heavy atom. The fraction of sp³-hybridized carbons (Fsp3) is 0.500. The van der Waals surface area contributed by atoms with E-state index in [2.05, 4.69) is 17.1 Å². The van der Waals surface area contributed by atoms with E-state index in [4.69, 9.17) is 16.6 Å². The Labute approximate surface area is 122 Å². The summed E-state index contributed by atoms with van der Waals surface area (Å²) in [5.74, 6) is 0. The molecule has 1 aromatic carbocycles. The quantitative estimate of drug-likeness (QED) is 0.939.